The number of carbonyl (C=O) groups excluding carboxylic acids is 1. The summed E-state index contributed by atoms with van der Waals surface area (Å²) in [6.45, 7) is 5.15. The topological polar surface area (TPSA) is 97.8 Å². The summed E-state index contributed by atoms with van der Waals surface area (Å²) in [7, 11) is -2.38. The molecule has 0 saturated heterocycles. The van der Waals surface area contributed by atoms with E-state index < -0.39 is 32.7 Å². The Morgan fingerprint density at radius 2 is 1.96 bits per heavy atom. The fourth-order valence-electron chi connectivity index (χ4n) is 8.48. The van der Waals surface area contributed by atoms with Crippen molar-refractivity contribution in [3.63, 3.8) is 0 Å². The third kappa shape index (κ3) is 6.14. The predicted octanol–water partition coefficient (Wildman–Crippen LogP) is 6.96. The third-order valence-corrected chi connectivity index (χ3v) is 13.7. The lowest BCUT2D eigenvalue weighted by Crippen LogP contribution is -2.52. The van der Waals surface area contributed by atoms with Crippen LogP contribution in [-0.4, -0.2) is 51.4 Å². The van der Waals surface area contributed by atoms with Crippen molar-refractivity contribution in [1.29, 1.82) is 0 Å². The van der Waals surface area contributed by atoms with E-state index in [0.717, 1.165) is 37.8 Å². The Morgan fingerprint density at radius 1 is 1.12 bits per heavy atom. The van der Waals surface area contributed by atoms with Crippen molar-refractivity contribution in [2.24, 2.45) is 17.8 Å². The molecule has 8 nitrogen and oxygen atoms in total. The number of hydrogen-bond acceptors (Lipinski definition) is 7. The molecule has 2 bridgehead atoms. The lowest BCUT2D eigenvalue weighted by atomic mass is 9.62. The molecule has 1 amide bonds. The number of amides is 1. The summed E-state index contributed by atoms with van der Waals surface area (Å²) in [4.78, 5) is 20.2. The van der Waals surface area contributed by atoms with Gasteiger partial charge in [-0.1, -0.05) is 42.8 Å². The maximum Gasteiger partial charge on any atom is 0.264 e. The number of hydrogen-bond donors (Lipinski definition) is 1. The van der Waals surface area contributed by atoms with Gasteiger partial charge in [0, 0.05) is 42.1 Å². The standard InChI is InChI=1S/C38H43ClFN3O5S/c1-24-7-5-18-38(47-3,34-9-4-10-35(40)41-34)31-14-11-28(31)21-43-22-37(17-6-8-26-19-29(39)13-15-30(26)37)23-48-33-16-12-27(20-32(33)43)36(44)42-49(45,46)25(24)2/h4-5,9-10,12-13,15-16,18-20,24-25,28,31H,6-8,11,14,17,21-23H2,1-3H3,(H,42,44)/b18-5+/t24-,25+,28-,31+,37-,38-/m0/s1. The van der Waals surface area contributed by atoms with Gasteiger partial charge in [0.15, 0.2) is 0 Å². The summed E-state index contributed by atoms with van der Waals surface area (Å²) in [6, 6.07) is 16.1. The number of anilines is 1. The molecule has 0 unspecified atom stereocenters. The van der Waals surface area contributed by atoms with Gasteiger partial charge < -0.3 is 14.4 Å². The molecule has 1 N–H and O–H groups in total. The van der Waals surface area contributed by atoms with Crippen LogP contribution in [0, 0.1) is 23.7 Å². The van der Waals surface area contributed by atoms with Crippen molar-refractivity contribution >= 4 is 33.2 Å². The number of ether oxygens (including phenoxy) is 2. The monoisotopic (exact) mass is 707 g/mol. The normalized spacial score (nSPS) is 31.7. The SMILES string of the molecule is CO[C@@]1(c2cccc(F)n2)/C=C/C[C@H](C)[C@@H](C)S(=O)(=O)NC(=O)c2ccc3c(c2)N(C[C@@H]2CC[C@H]21)C[C@@]1(CCCc2cc(Cl)ccc21)CO3. The summed E-state index contributed by atoms with van der Waals surface area (Å²) in [6.07, 6.45) is 8.89. The molecule has 2 aliphatic carbocycles. The number of pyridine rings is 1. The highest BCUT2D eigenvalue weighted by Gasteiger charge is 2.50. The summed E-state index contributed by atoms with van der Waals surface area (Å²) in [5, 5.41) is -0.157. The zero-order chi connectivity index (χ0) is 34.6. The van der Waals surface area contributed by atoms with Gasteiger partial charge in [-0.15, -0.1) is 0 Å². The Bertz CT molecular complexity index is 1910. The van der Waals surface area contributed by atoms with Gasteiger partial charge >= 0.3 is 0 Å². The number of rotatable bonds is 2. The van der Waals surface area contributed by atoms with Crippen molar-refractivity contribution in [2.45, 2.75) is 68.6 Å². The lowest BCUT2D eigenvalue weighted by Gasteiger charge is -2.50. The summed E-state index contributed by atoms with van der Waals surface area (Å²) >= 11 is 6.45. The van der Waals surface area contributed by atoms with E-state index in [-0.39, 0.29) is 28.7 Å². The zero-order valence-electron chi connectivity index (χ0n) is 28.1. The second-order valence-electron chi connectivity index (χ2n) is 14.4. The quantitative estimate of drug-likeness (QED) is 0.227. The van der Waals surface area contributed by atoms with E-state index in [9.17, 15) is 17.6 Å². The van der Waals surface area contributed by atoms with Crippen molar-refractivity contribution < 1.29 is 27.1 Å². The van der Waals surface area contributed by atoms with Crippen LogP contribution in [-0.2, 0) is 32.2 Å². The van der Waals surface area contributed by atoms with Crippen molar-refractivity contribution in [2.75, 3.05) is 31.7 Å². The number of aryl methyl sites for hydroxylation is 1. The van der Waals surface area contributed by atoms with Crippen molar-refractivity contribution in [3.05, 3.63) is 100 Å². The minimum Gasteiger partial charge on any atom is -0.490 e. The van der Waals surface area contributed by atoms with E-state index in [0.29, 0.717) is 42.6 Å². The molecule has 4 aliphatic rings. The molecule has 2 aliphatic heterocycles. The molecule has 260 valence electrons. The predicted molar refractivity (Wildman–Crippen MR) is 188 cm³/mol. The van der Waals surface area contributed by atoms with Crippen molar-refractivity contribution in [1.82, 2.24) is 9.71 Å². The Labute approximate surface area is 293 Å². The lowest BCUT2D eigenvalue weighted by molar-refractivity contribution is -0.0834. The molecule has 6 atom stereocenters. The van der Waals surface area contributed by atoms with Gasteiger partial charge in [0.1, 0.15) is 11.4 Å². The van der Waals surface area contributed by atoms with Crippen LogP contribution in [0.25, 0.3) is 0 Å². The molecule has 2 aromatic carbocycles. The Hall–Kier alpha value is -3.47. The first-order valence-electron chi connectivity index (χ1n) is 17.2. The minimum atomic E-state index is -4.02. The molecule has 3 aromatic rings. The Morgan fingerprint density at radius 3 is 2.71 bits per heavy atom. The van der Waals surface area contributed by atoms with E-state index in [4.69, 9.17) is 21.1 Å². The average Bonchev–Trinajstić information content (AvgIpc) is 3.21. The molecule has 1 saturated carbocycles. The van der Waals surface area contributed by atoms with E-state index in [1.165, 1.54) is 17.2 Å². The first-order valence-corrected chi connectivity index (χ1v) is 19.1. The van der Waals surface area contributed by atoms with Crippen LogP contribution in [0.2, 0.25) is 5.02 Å². The maximum absolute atomic E-state index is 14.7. The van der Waals surface area contributed by atoms with E-state index in [2.05, 4.69) is 26.7 Å². The molecule has 11 heteroatoms. The number of benzene rings is 2. The fraction of sp³-hybridized carbons (Fsp3) is 0.474. The minimum absolute atomic E-state index is 0.0417. The first-order chi connectivity index (χ1) is 23.4. The van der Waals surface area contributed by atoms with Gasteiger partial charge in [-0.3, -0.25) is 4.79 Å². The first kappa shape index (κ1) is 34.0. The average molecular weight is 708 g/mol. The van der Waals surface area contributed by atoms with Gasteiger partial charge in [-0.2, -0.15) is 4.39 Å². The number of sulfonamides is 1. The smallest absolute Gasteiger partial charge is 0.264 e. The van der Waals surface area contributed by atoms with Gasteiger partial charge in [-0.25, -0.2) is 18.1 Å². The second-order valence-corrected chi connectivity index (χ2v) is 16.8. The van der Waals surface area contributed by atoms with Crippen LogP contribution >= 0.6 is 11.6 Å². The third-order valence-electron chi connectivity index (χ3n) is 11.6. The molecule has 1 aromatic heterocycles. The van der Waals surface area contributed by atoms with Gasteiger partial charge in [0.2, 0.25) is 16.0 Å². The molecule has 1 fully saturated rings. The highest BCUT2D eigenvalue weighted by Crippen LogP contribution is 2.52. The molecule has 0 radical (unpaired) electrons. The molecule has 1 spiro atoms. The number of carbonyl (C=O) groups is 1. The van der Waals surface area contributed by atoms with Crippen LogP contribution in [0.3, 0.4) is 0 Å². The highest BCUT2D eigenvalue weighted by atomic mass is 35.5. The number of methoxy groups -OCH3 is 1. The fourth-order valence-corrected chi connectivity index (χ4v) is 9.96. The van der Waals surface area contributed by atoms with Crippen LogP contribution in [0.4, 0.5) is 10.1 Å². The molecule has 7 rings (SSSR count). The van der Waals surface area contributed by atoms with Crippen LogP contribution in [0.15, 0.2) is 66.7 Å². The Kier molecular flexibility index (Phi) is 9.03. The van der Waals surface area contributed by atoms with E-state index in [1.54, 1.807) is 44.4 Å². The number of nitrogens with one attached hydrogen (secondary N) is 1. The number of aromatic nitrogens is 1. The highest BCUT2D eigenvalue weighted by molar-refractivity contribution is 7.90. The number of fused-ring (bicyclic) bond motifs is 4. The van der Waals surface area contributed by atoms with E-state index >= 15 is 0 Å². The van der Waals surface area contributed by atoms with Gasteiger partial charge in [0.05, 0.1) is 23.2 Å². The zero-order valence-corrected chi connectivity index (χ0v) is 29.7. The number of allylic oxidation sites excluding steroid dienone is 1. The summed E-state index contributed by atoms with van der Waals surface area (Å²) in [5.41, 5.74) is 2.55. The number of nitrogens with zero attached hydrogens (tertiary/aromatic N) is 2. The Balaban J connectivity index is 1.37. The molecular formula is C38H43ClFN3O5S. The van der Waals surface area contributed by atoms with Gasteiger partial charge in [-0.05, 0) is 111 Å². The van der Waals surface area contributed by atoms with Crippen LogP contribution in [0.5, 0.6) is 5.75 Å². The van der Waals surface area contributed by atoms with Gasteiger partial charge in [0.25, 0.3) is 5.91 Å². The van der Waals surface area contributed by atoms with Crippen LogP contribution in [0.1, 0.15) is 73.1 Å². The van der Waals surface area contributed by atoms with Crippen LogP contribution < -0.4 is 14.4 Å². The van der Waals surface area contributed by atoms with Crippen molar-refractivity contribution in [3.8, 4) is 5.75 Å². The molecule has 49 heavy (non-hydrogen) atoms. The van der Waals surface area contributed by atoms with E-state index in [1.807, 2.05) is 25.1 Å². The maximum atomic E-state index is 14.7. The summed E-state index contributed by atoms with van der Waals surface area (Å²) in [5.74, 6) is -0.854. The second kappa shape index (κ2) is 13.0. The summed E-state index contributed by atoms with van der Waals surface area (Å²) < 4.78 is 57.0. The largest absolute Gasteiger partial charge is 0.490 e. The number of halogens is 2. The molecular weight excluding hydrogens is 665 g/mol. The molecule has 3 heterocycles.